The highest BCUT2D eigenvalue weighted by atomic mass is 16.5. The van der Waals surface area contributed by atoms with Crippen molar-refractivity contribution in [3.8, 4) is 5.75 Å². The minimum absolute atomic E-state index is 0.757. The van der Waals surface area contributed by atoms with E-state index in [1.54, 1.807) is 0 Å². The molecule has 3 aromatic carbocycles. The van der Waals surface area contributed by atoms with Gasteiger partial charge in [0.2, 0.25) is 0 Å². The van der Waals surface area contributed by atoms with Gasteiger partial charge in [0.05, 0.1) is 6.61 Å². The zero-order valence-corrected chi connectivity index (χ0v) is 25.3. The zero-order chi connectivity index (χ0) is 28.4. The van der Waals surface area contributed by atoms with E-state index in [0.29, 0.717) is 0 Å². The third-order valence-electron chi connectivity index (χ3n) is 8.95. The van der Waals surface area contributed by atoms with Crippen LogP contribution in [0.25, 0.3) is 5.70 Å². The SMILES string of the molecule is C=C(NCCC)c1ccc(CN2CCC(CCOc3ccc4c(c3)CN(Cc3ccccc3C)CCC4)CC2)cc1. The van der Waals surface area contributed by atoms with Crippen molar-refractivity contribution in [1.29, 1.82) is 0 Å². The second kappa shape index (κ2) is 14.7. The van der Waals surface area contributed by atoms with Crippen LogP contribution in [0.4, 0.5) is 0 Å². The fourth-order valence-electron chi connectivity index (χ4n) is 6.28. The molecule has 5 rings (SSSR count). The van der Waals surface area contributed by atoms with Crippen molar-refractivity contribution in [2.24, 2.45) is 5.92 Å². The Hall–Kier alpha value is -3.08. The van der Waals surface area contributed by atoms with E-state index < -0.39 is 0 Å². The van der Waals surface area contributed by atoms with Crippen molar-refractivity contribution in [3.63, 3.8) is 0 Å². The Balaban J connectivity index is 1.05. The largest absolute Gasteiger partial charge is 0.494 e. The summed E-state index contributed by atoms with van der Waals surface area (Å²) in [5.41, 5.74) is 9.35. The van der Waals surface area contributed by atoms with Crippen LogP contribution in [0.2, 0.25) is 0 Å². The van der Waals surface area contributed by atoms with Gasteiger partial charge in [-0.25, -0.2) is 0 Å². The third-order valence-corrected chi connectivity index (χ3v) is 8.95. The van der Waals surface area contributed by atoms with Crippen LogP contribution in [0.1, 0.15) is 72.4 Å². The van der Waals surface area contributed by atoms with Gasteiger partial charge in [-0.1, -0.05) is 68.1 Å². The van der Waals surface area contributed by atoms with Crippen LogP contribution < -0.4 is 10.1 Å². The van der Waals surface area contributed by atoms with Gasteiger partial charge in [-0.2, -0.15) is 0 Å². The van der Waals surface area contributed by atoms with E-state index in [0.717, 1.165) is 76.0 Å². The molecule has 0 aliphatic carbocycles. The Bertz CT molecular complexity index is 1260. The molecule has 2 heterocycles. The number of ether oxygens (including phenoxy) is 1. The van der Waals surface area contributed by atoms with Gasteiger partial charge in [0.15, 0.2) is 0 Å². The Morgan fingerprint density at radius 1 is 0.927 bits per heavy atom. The van der Waals surface area contributed by atoms with Crippen LogP contribution in [-0.4, -0.2) is 42.6 Å². The quantitative estimate of drug-likeness (QED) is 0.251. The van der Waals surface area contributed by atoms with E-state index in [9.17, 15) is 0 Å². The fourth-order valence-corrected chi connectivity index (χ4v) is 6.28. The lowest BCUT2D eigenvalue weighted by Gasteiger charge is -2.32. The first-order valence-corrected chi connectivity index (χ1v) is 15.8. The highest BCUT2D eigenvalue weighted by molar-refractivity contribution is 5.61. The van der Waals surface area contributed by atoms with Crippen molar-refractivity contribution >= 4 is 5.70 Å². The molecule has 0 spiro atoms. The lowest BCUT2D eigenvalue weighted by Crippen LogP contribution is -2.33. The summed E-state index contributed by atoms with van der Waals surface area (Å²) in [5, 5.41) is 3.39. The summed E-state index contributed by atoms with van der Waals surface area (Å²) in [6.45, 7) is 16.9. The van der Waals surface area contributed by atoms with Gasteiger partial charge in [-0.15, -0.1) is 0 Å². The summed E-state index contributed by atoms with van der Waals surface area (Å²) in [6.07, 6.45) is 7.16. The normalized spacial score (nSPS) is 16.6. The number of piperidine rings is 1. The topological polar surface area (TPSA) is 27.7 Å². The molecule has 0 saturated carbocycles. The van der Waals surface area contributed by atoms with E-state index in [-0.39, 0.29) is 0 Å². The second-order valence-corrected chi connectivity index (χ2v) is 12.1. The number of hydrogen-bond donors (Lipinski definition) is 1. The molecule has 1 N–H and O–H groups in total. The average molecular weight is 552 g/mol. The molecule has 0 aromatic heterocycles. The first kappa shape index (κ1) is 29.4. The summed E-state index contributed by atoms with van der Waals surface area (Å²) in [4.78, 5) is 5.20. The van der Waals surface area contributed by atoms with Gasteiger partial charge in [-0.3, -0.25) is 9.80 Å². The average Bonchev–Trinajstić information content (AvgIpc) is 3.19. The molecule has 1 fully saturated rings. The van der Waals surface area contributed by atoms with Crippen molar-refractivity contribution in [2.75, 3.05) is 32.8 Å². The molecule has 3 aromatic rings. The maximum Gasteiger partial charge on any atom is 0.119 e. The van der Waals surface area contributed by atoms with E-state index in [1.165, 1.54) is 65.7 Å². The molecule has 2 aliphatic heterocycles. The number of aryl methyl sites for hydroxylation is 2. The van der Waals surface area contributed by atoms with E-state index in [4.69, 9.17) is 4.74 Å². The number of fused-ring (bicyclic) bond motifs is 1. The van der Waals surface area contributed by atoms with E-state index >= 15 is 0 Å². The molecule has 41 heavy (non-hydrogen) atoms. The molecule has 0 radical (unpaired) electrons. The first-order chi connectivity index (χ1) is 20.1. The minimum atomic E-state index is 0.757. The number of nitrogens with zero attached hydrogens (tertiary/aromatic N) is 2. The van der Waals surface area contributed by atoms with E-state index in [2.05, 4.69) is 102 Å². The summed E-state index contributed by atoms with van der Waals surface area (Å²) >= 11 is 0. The van der Waals surface area contributed by atoms with E-state index in [1.807, 2.05) is 0 Å². The Morgan fingerprint density at radius 3 is 2.51 bits per heavy atom. The van der Waals surface area contributed by atoms with Crippen LogP contribution in [-0.2, 0) is 26.1 Å². The zero-order valence-electron chi connectivity index (χ0n) is 25.3. The molecule has 218 valence electrons. The maximum atomic E-state index is 6.32. The molecular formula is C37H49N3O. The van der Waals surface area contributed by atoms with Crippen LogP contribution in [0.3, 0.4) is 0 Å². The molecule has 2 aliphatic rings. The van der Waals surface area contributed by atoms with Gasteiger partial charge in [0.25, 0.3) is 0 Å². The molecule has 1 saturated heterocycles. The van der Waals surface area contributed by atoms with Crippen LogP contribution in [0.5, 0.6) is 5.75 Å². The second-order valence-electron chi connectivity index (χ2n) is 12.1. The van der Waals surface area contributed by atoms with Gasteiger partial charge in [0.1, 0.15) is 5.75 Å². The van der Waals surface area contributed by atoms with Gasteiger partial charge >= 0.3 is 0 Å². The summed E-state index contributed by atoms with van der Waals surface area (Å²) in [6, 6.07) is 24.5. The number of benzene rings is 3. The molecule has 0 amide bonds. The molecule has 0 atom stereocenters. The summed E-state index contributed by atoms with van der Waals surface area (Å²) < 4.78 is 6.32. The third kappa shape index (κ3) is 8.47. The lowest BCUT2D eigenvalue weighted by molar-refractivity contribution is 0.157. The van der Waals surface area contributed by atoms with Gasteiger partial charge in [0, 0.05) is 31.9 Å². The summed E-state index contributed by atoms with van der Waals surface area (Å²) in [7, 11) is 0. The number of hydrogen-bond acceptors (Lipinski definition) is 4. The monoisotopic (exact) mass is 551 g/mol. The Kier molecular flexibility index (Phi) is 10.5. The van der Waals surface area contributed by atoms with Crippen molar-refractivity contribution in [3.05, 3.63) is 107 Å². The smallest absolute Gasteiger partial charge is 0.119 e. The standard InChI is InChI=1S/C37H49N3O/c1-4-20-38-30(3)33-13-11-32(12-14-33)26-39-22-17-31(18-23-39)19-24-41-37-16-15-34-10-7-21-40(28-36(34)25-37)27-35-9-6-5-8-29(35)2/h5-6,8-9,11-16,25,31,38H,3-4,7,10,17-24,26-28H2,1-2H3. The highest BCUT2D eigenvalue weighted by Gasteiger charge is 2.20. The molecule has 4 nitrogen and oxygen atoms in total. The molecule has 0 unspecified atom stereocenters. The molecular weight excluding hydrogens is 502 g/mol. The molecule has 4 heteroatoms. The van der Waals surface area contributed by atoms with Gasteiger partial charge in [-0.05, 0) is 117 Å². The highest BCUT2D eigenvalue weighted by Crippen LogP contribution is 2.27. The fraction of sp³-hybridized carbons (Fsp3) is 0.459. The number of rotatable bonds is 12. The maximum absolute atomic E-state index is 6.32. The van der Waals surface area contributed by atoms with Crippen molar-refractivity contribution in [2.45, 2.75) is 72.0 Å². The lowest BCUT2D eigenvalue weighted by atomic mass is 9.93. The Morgan fingerprint density at radius 2 is 1.73 bits per heavy atom. The minimum Gasteiger partial charge on any atom is -0.494 e. The van der Waals surface area contributed by atoms with Crippen LogP contribution in [0, 0.1) is 12.8 Å². The van der Waals surface area contributed by atoms with Gasteiger partial charge < -0.3 is 10.1 Å². The van der Waals surface area contributed by atoms with Crippen molar-refractivity contribution < 1.29 is 4.74 Å². The predicted molar refractivity (Wildman–Crippen MR) is 172 cm³/mol. The van der Waals surface area contributed by atoms with Crippen molar-refractivity contribution in [1.82, 2.24) is 15.1 Å². The molecule has 0 bridgehead atoms. The van der Waals surface area contributed by atoms with Crippen LogP contribution >= 0.6 is 0 Å². The Labute approximate surface area is 248 Å². The summed E-state index contributed by atoms with van der Waals surface area (Å²) in [5.74, 6) is 1.79. The predicted octanol–water partition coefficient (Wildman–Crippen LogP) is 7.59. The number of likely N-dealkylation sites (tertiary alicyclic amines) is 1. The van der Waals surface area contributed by atoms with Crippen LogP contribution in [0.15, 0.2) is 73.3 Å². The first-order valence-electron chi connectivity index (χ1n) is 15.8. The number of nitrogens with one attached hydrogen (secondary N) is 1.